The third-order valence-corrected chi connectivity index (χ3v) is 9.51. The van der Waals surface area contributed by atoms with E-state index in [1.807, 2.05) is 0 Å². The van der Waals surface area contributed by atoms with Crippen molar-refractivity contribution in [1.29, 1.82) is 63.1 Å². The summed E-state index contributed by atoms with van der Waals surface area (Å²) in [4.78, 5) is 31.1. The molecule has 0 fully saturated rings. The molecule has 0 aliphatic carbocycles. The average Bonchev–Trinajstić information content (AvgIpc) is 3.44. The van der Waals surface area contributed by atoms with Gasteiger partial charge in [-0.3, -0.25) is 0 Å². The minimum absolute atomic E-state index is 0.00714. The van der Waals surface area contributed by atoms with E-state index in [9.17, 15) is 65.0 Å². The molecule has 30 heteroatoms. The van der Waals surface area contributed by atoms with Gasteiger partial charge in [0.2, 0.25) is 11.0 Å². The number of aromatic nitrogens is 6. The topological polar surface area (TPSA) is 372 Å². The highest BCUT2D eigenvalue weighted by atomic mass is 19.2. The van der Waals surface area contributed by atoms with Crippen LogP contribution in [0.15, 0.2) is 0 Å². The maximum atomic E-state index is 14.4. The van der Waals surface area contributed by atoms with E-state index in [2.05, 4.69) is 39.6 Å². The summed E-state index contributed by atoms with van der Waals surface area (Å²) in [5.41, 5.74) is -6.15. The second-order valence-electron chi connectivity index (χ2n) is 13.3. The van der Waals surface area contributed by atoms with Crippen LogP contribution in [0.4, 0.5) is 55.5 Å². The van der Waals surface area contributed by atoms with Crippen LogP contribution in [0.1, 0.15) is 22.8 Å². The van der Waals surface area contributed by atoms with Gasteiger partial charge in [-0.2, -0.15) is 63.1 Å². The molecule has 0 N–H and O–H groups in total. The van der Waals surface area contributed by atoms with E-state index in [0.717, 1.165) is 48.6 Å². The van der Waals surface area contributed by atoms with Crippen molar-refractivity contribution >= 4 is 77.8 Å². The first-order valence-corrected chi connectivity index (χ1v) is 18.7. The number of nitriles is 12. The Bertz CT molecular complexity index is 4210. The summed E-state index contributed by atoms with van der Waals surface area (Å²) in [6.45, 7) is 14.5. The van der Waals surface area contributed by atoms with Gasteiger partial charge in [-0.1, -0.05) is 13.1 Å². The number of fused-ring (bicyclic) bond motifs is 7. The van der Waals surface area contributed by atoms with Crippen molar-refractivity contribution in [3.8, 4) is 72.8 Å². The van der Waals surface area contributed by atoms with Crippen molar-refractivity contribution in [3.05, 3.63) is 125 Å². The van der Waals surface area contributed by atoms with E-state index in [0.29, 0.717) is 0 Å². The van der Waals surface area contributed by atoms with Crippen molar-refractivity contribution in [2.75, 3.05) is 0 Å². The molecule has 354 valence electrons. The van der Waals surface area contributed by atoms with Crippen molar-refractivity contribution in [1.82, 2.24) is 29.9 Å². The lowest BCUT2D eigenvalue weighted by molar-refractivity contribution is 0.434. The molecule has 20 nitrogen and oxygen atoms in total. The van der Waals surface area contributed by atoms with E-state index in [1.165, 1.54) is 0 Å². The molecule has 0 amide bonds. The number of hydrogen-bond donors (Lipinski definition) is 0. The maximum absolute atomic E-state index is 14.4. The zero-order valence-electron chi connectivity index (χ0n) is 35.7. The molecule has 7 rings (SSSR count). The predicted octanol–water partition coefficient (Wildman–Crippen LogP) is 4.81. The lowest BCUT2D eigenvalue weighted by Gasteiger charge is -2.09. The van der Waals surface area contributed by atoms with Gasteiger partial charge in [0.25, 0.3) is 0 Å². The van der Waals surface area contributed by atoms with E-state index < -0.39 is 112 Å². The Kier molecular flexibility index (Phi) is 15.3. The first-order valence-electron chi connectivity index (χ1n) is 18.7. The Morgan fingerprint density at radius 2 is 0.487 bits per heavy atom. The predicted molar refractivity (Wildman–Crippen MR) is 224 cm³/mol. The number of rotatable bonds is 0. The zero-order valence-corrected chi connectivity index (χ0v) is 35.7. The van der Waals surface area contributed by atoms with Gasteiger partial charge in [0.05, 0.1) is 31.6 Å². The van der Waals surface area contributed by atoms with Gasteiger partial charge < -0.3 is 9.69 Å². The number of nitrogens with zero attached hydrogens (tertiary/aromatic N) is 20. The van der Waals surface area contributed by atoms with Crippen LogP contribution in [0, 0.1) is 207 Å². The summed E-state index contributed by atoms with van der Waals surface area (Å²) in [7, 11) is 0. The summed E-state index contributed by atoms with van der Waals surface area (Å²) in [5, 5.41) is 96.2. The highest BCUT2D eigenvalue weighted by molar-refractivity contribution is 6.18. The largest absolute Gasteiger partial charge is 0.358 e. The molecule has 0 saturated carbocycles. The van der Waals surface area contributed by atoms with Gasteiger partial charge >= 0.3 is 11.6 Å². The first kappa shape index (κ1) is 53.8. The molecule has 0 aliphatic rings. The molecular weight excluding hydrogens is 1020 g/mol. The Labute approximate surface area is 411 Å². The summed E-state index contributed by atoms with van der Waals surface area (Å²) >= 11 is 0. The fourth-order valence-corrected chi connectivity index (χ4v) is 6.31. The SMILES string of the molecule is N#CC(C#N)=c1c(F)c(F)c(=C(C#N)C#N)c(F)c1F.N#CC(C#N)=c1c(F)c(F)c2c(F)c(=C(C#N)C#N)c(F)c(F)c2c1F.[C-]#[N+]c1nc2c(nc1C#N)c1nc(C#N)c(C#N)nc1c1nc(C#N)c([N+]#[C-])nc12. The fraction of sp³-hybridized carbons (Fsp3) is 0. The third-order valence-electron chi connectivity index (χ3n) is 9.51. The van der Waals surface area contributed by atoms with Crippen molar-refractivity contribution in [3.63, 3.8) is 0 Å². The molecule has 0 radical (unpaired) electrons. The van der Waals surface area contributed by atoms with Crippen LogP contribution in [0.2, 0.25) is 0 Å². The van der Waals surface area contributed by atoms with Gasteiger partial charge in [0.1, 0.15) is 129 Å². The summed E-state index contributed by atoms with van der Waals surface area (Å²) in [6, 6.07) is 15.6. The number of halogens is 10. The fourth-order valence-electron chi connectivity index (χ4n) is 6.31. The maximum Gasteiger partial charge on any atom is 0.307 e. The molecule has 0 bridgehead atoms. The summed E-state index contributed by atoms with van der Waals surface area (Å²) in [6.07, 6.45) is 0. The number of benzene rings is 4. The minimum atomic E-state index is -2.23. The molecule has 0 saturated heterocycles. The van der Waals surface area contributed by atoms with E-state index >= 15 is 0 Å². The summed E-state index contributed by atoms with van der Waals surface area (Å²) < 4.78 is 140. The van der Waals surface area contributed by atoms with Gasteiger partial charge in [0, 0.05) is 0 Å². The van der Waals surface area contributed by atoms with Crippen LogP contribution >= 0.6 is 0 Å². The highest BCUT2D eigenvalue weighted by Crippen LogP contribution is 2.34. The molecule has 3 aromatic heterocycles. The van der Waals surface area contributed by atoms with Gasteiger partial charge in [-0.05, 0) is 0 Å². The normalized spacial score (nSPS) is 9.53. The van der Waals surface area contributed by atoms with Crippen LogP contribution < -0.4 is 20.9 Å². The minimum Gasteiger partial charge on any atom is -0.358 e. The van der Waals surface area contributed by atoms with Crippen LogP contribution in [0.3, 0.4) is 0 Å². The number of hydrogen-bond acceptors (Lipinski definition) is 18. The quantitative estimate of drug-likeness (QED) is 0.0850. The molecule has 0 spiro atoms. The highest BCUT2D eigenvalue weighted by Gasteiger charge is 2.30. The molecule has 76 heavy (non-hydrogen) atoms. The van der Waals surface area contributed by atoms with Gasteiger partial charge in [-0.15, -0.1) is 9.97 Å². The molecule has 0 unspecified atom stereocenters. The molecule has 0 atom stereocenters. The Morgan fingerprint density at radius 1 is 0.289 bits per heavy atom. The van der Waals surface area contributed by atoms with E-state index in [-0.39, 0.29) is 67.5 Å². The molecule has 3 heterocycles. The standard InChI is InChI=1S/C18N12.C16F6N4.C12F4N4/c1-23-17-9(5-21)27-13-11-12(26-8(4-20)7(3-19)25-11)14-16(15(13)29-17)30-18(24-2)10(6-22)28-14;17-11-7(5(1-23)2-24)13(19)15(21)10-9(11)16(22)14(20)8(12(10)18)6(3-25)4-26;13-9-7(5(1-17)2-18)10(14)12(16)8(11(9)15)6(3-19)4-20. The molecular formula is C46F10N20. The first-order chi connectivity index (χ1) is 36.3. The Hall–Kier alpha value is -13.2. The Morgan fingerprint density at radius 3 is 0.697 bits per heavy atom. The molecule has 7 aromatic rings. The van der Waals surface area contributed by atoms with Crippen molar-refractivity contribution in [2.24, 2.45) is 0 Å². The van der Waals surface area contributed by atoms with E-state index in [4.69, 9.17) is 55.2 Å². The second-order valence-corrected chi connectivity index (χ2v) is 13.3. The van der Waals surface area contributed by atoms with Crippen molar-refractivity contribution in [2.45, 2.75) is 0 Å². The monoisotopic (exact) mass is 1020 g/mol. The van der Waals surface area contributed by atoms with Gasteiger partial charge in [-0.25, -0.2) is 63.8 Å². The van der Waals surface area contributed by atoms with Crippen LogP contribution in [0.25, 0.3) is 75.9 Å². The lowest BCUT2D eigenvalue weighted by atomic mass is 10.0. The molecule has 0 aliphatic heterocycles. The smallest absolute Gasteiger partial charge is 0.307 e. The van der Waals surface area contributed by atoms with Crippen LogP contribution in [-0.2, 0) is 0 Å². The van der Waals surface area contributed by atoms with Crippen LogP contribution in [0.5, 0.6) is 0 Å². The summed E-state index contributed by atoms with van der Waals surface area (Å²) in [5.74, 6) is -21.7. The van der Waals surface area contributed by atoms with Gasteiger partial charge in [0.15, 0.2) is 69.3 Å². The average molecular weight is 1020 g/mol. The second kappa shape index (κ2) is 21.6. The Balaban J connectivity index is 0.000000215. The molecule has 4 aromatic carbocycles. The van der Waals surface area contributed by atoms with Crippen LogP contribution in [-0.4, -0.2) is 29.9 Å². The lowest BCUT2D eigenvalue weighted by Crippen LogP contribution is -2.31. The zero-order chi connectivity index (χ0) is 56.6. The third kappa shape index (κ3) is 8.62. The van der Waals surface area contributed by atoms with Crippen molar-refractivity contribution < 1.29 is 43.9 Å². The van der Waals surface area contributed by atoms with E-state index in [1.54, 1.807) is 24.3 Å².